The van der Waals surface area contributed by atoms with E-state index in [1.165, 1.54) is 0 Å². The number of benzene rings is 1. The van der Waals surface area contributed by atoms with Gasteiger partial charge in [-0.25, -0.2) is 4.79 Å². The Kier molecular flexibility index (Phi) is 6.07. The third-order valence-corrected chi connectivity index (χ3v) is 4.51. The number of aliphatic hydroxyl groups is 1. The van der Waals surface area contributed by atoms with Gasteiger partial charge in [-0.3, -0.25) is 0 Å². The minimum absolute atomic E-state index is 0.0914. The van der Waals surface area contributed by atoms with Gasteiger partial charge in [0.2, 0.25) is 0 Å². The number of nitrogens with zero attached hydrogens (tertiary/aromatic N) is 1. The average Bonchev–Trinajstić information content (AvgIpc) is 3.04. The average molecular weight is 335 g/mol. The van der Waals surface area contributed by atoms with Crippen molar-refractivity contribution in [3.05, 3.63) is 35.9 Å². The molecule has 2 heterocycles. The van der Waals surface area contributed by atoms with Gasteiger partial charge in [0.05, 0.1) is 25.3 Å². The molecule has 0 aliphatic carbocycles. The molecule has 24 heavy (non-hydrogen) atoms. The molecule has 2 aliphatic rings. The van der Waals surface area contributed by atoms with Crippen LogP contribution in [-0.2, 0) is 20.8 Å². The first-order chi connectivity index (χ1) is 11.8. The first-order valence-corrected chi connectivity index (χ1v) is 8.61. The van der Waals surface area contributed by atoms with Crippen molar-refractivity contribution in [1.29, 1.82) is 0 Å². The highest BCUT2D eigenvalue weighted by Crippen LogP contribution is 2.25. The van der Waals surface area contributed by atoms with Crippen molar-refractivity contribution in [1.82, 2.24) is 4.90 Å². The lowest BCUT2D eigenvalue weighted by Gasteiger charge is -2.25. The molecular formula is C18H25NO5. The van der Waals surface area contributed by atoms with Crippen LogP contribution in [0.1, 0.15) is 31.2 Å². The van der Waals surface area contributed by atoms with Crippen molar-refractivity contribution in [2.45, 2.75) is 50.7 Å². The molecule has 6 nitrogen and oxygen atoms in total. The number of aliphatic hydroxyl groups excluding tert-OH is 1. The van der Waals surface area contributed by atoms with Crippen LogP contribution in [0, 0.1) is 0 Å². The zero-order chi connectivity index (χ0) is 16.8. The summed E-state index contributed by atoms with van der Waals surface area (Å²) < 4.78 is 16.9. The van der Waals surface area contributed by atoms with E-state index in [1.54, 1.807) is 4.90 Å². The lowest BCUT2D eigenvalue weighted by molar-refractivity contribution is -0.185. The molecular weight excluding hydrogens is 310 g/mol. The number of ether oxygens (including phenoxy) is 3. The fraction of sp³-hybridized carbons (Fsp3) is 0.611. The van der Waals surface area contributed by atoms with Gasteiger partial charge in [0.25, 0.3) is 0 Å². The maximum absolute atomic E-state index is 12.3. The Morgan fingerprint density at radius 2 is 2.12 bits per heavy atom. The summed E-state index contributed by atoms with van der Waals surface area (Å²) in [6.07, 6.45) is 2.95. The largest absolute Gasteiger partial charge is 0.445 e. The number of rotatable bonds is 5. The molecule has 0 bridgehead atoms. The molecule has 1 amide bonds. The number of amides is 1. The van der Waals surface area contributed by atoms with Crippen molar-refractivity contribution >= 4 is 6.09 Å². The molecule has 1 aromatic carbocycles. The van der Waals surface area contributed by atoms with Gasteiger partial charge in [-0.05, 0) is 31.2 Å². The molecule has 3 rings (SSSR count). The minimum Gasteiger partial charge on any atom is -0.445 e. The fourth-order valence-corrected chi connectivity index (χ4v) is 3.20. The molecule has 132 valence electrons. The van der Waals surface area contributed by atoms with Crippen LogP contribution in [-0.4, -0.2) is 54.3 Å². The Morgan fingerprint density at radius 1 is 1.29 bits per heavy atom. The Labute approximate surface area is 142 Å². The van der Waals surface area contributed by atoms with Crippen LogP contribution in [0.2, 0.25) is 0 Å². The molecule has 2 fully saturated rings. The normalized spacial score (nSPS) is 27.2. The van der Waals surface area contributed by atoms with Crippen molar-refractivity contribution in [2.75, 3.05) is 19.8 Å². The Hall–Kier alpha value is -1.63. The van der Waals surface area contributed by atoms with E-state index in [2.05, 4.69) is 0 Å². The van der Waals surface area contributed by atoms with Crippen LogP contribution in [0.15, 0.2) is 30.3 Å². The Balaban J connectivity index is 1.50. The lowest BCUT2D eigenvalue weighted by atomic mass is 10.2. The second kappa shape index (κ2) is 8.46. The Morgan fingerprint density at radius 3 is 2.83 bits per heavy atom. The number of carbonyl (C=O) groups is 1. The standard InChI is InChI=1S/C18H25NO5/c20-12-15-10-16(24-17-8-4-5-9-22-17)11-19(15)18(21)23-13-14-6-2-1-3-7-14/h1-3,6-7,15-17,20H,4-5,8-13H2/t15-,16+,17?/m1/s1. The van der Waals surface area contributed by atoms with E-state index in [0.717, 1.165) is 31.4 Å². The van der Waals surface area contributed by atoms with Crippen LogP contribution in [0.25, 0.3) is 0 Å². The van der Waals surface area contributed by atoms with Crippen LogP contribution >= 0.6 is 0 Å². The summed E-state index contributed by atoms with van der Waals surface area (Å²) in [6, 6.07) is 9.29. The SMILES string of the molecule is O=C(OCc1ccccc1)N1C[C@@H](OC2CCCCO2)C[C@@H]1CO. The molecule has 1 aromatic rings. The first-order valence-electron chi connectivity index (χ1n) is 8.61. The van der Waals surface area contributed by atoms with E-state index in [-0.39, 0.29) is 31.6 Å². The van der Waals surface area contributed by atoms with Gasteiger partial charge in [0, 0.05) is 6.61 Å². The molecule has 0 radical (unpaired) electrons. The smallest absolute Gasteiger partial charge is 0.410 e. The number of hydrogen-bond acceptors (Lipinski definition) is 5. The van der Waals surface area contributed by atoms with Crippen molar-refractivity contribution in [3.63, 3.8) is 0 Å². The summed E-state index contributed by atoms with van der Waals surface area (Å²) in [6.45, 7) is 1.29. The highest BCUT2D eigenvalue weighted by Gasteiger charge is 2.37. The molecule has 3 atom stereocenters. The van der Waals surface area contributed by atoms with Crippen molar-refractivity contribution < 1.29 is 24.1 Å². The van der Waals surface area contributed by atoms with Crippen molar-refractivity contribution in [2.24, 2.45) is 0 Å². The van der Waals surface area contributed by atoms with E-state index in [0.29, 0.717) is 13.0 Å². The number of likely N-dealkylation sites (tertiary alicyclic amines) is 1. The molecule has 1 unspecified atom stereocenters. The lowest BCUT2D eigenvalue weighted by Crippen LogP contribution is -2.38. The number of carbonyl (C=O) groups excluding carboxylic acids is 1. The predicted molar refractivity (Wildman–Crippen MR) is 87.3 cm³/mol. The summed E-state index contributed by atoms with van der Waals surface area (Å²) in [5.41, 5.74) is 0.939. The first kappa shape index (κ1) is 17.2. The molecule has 0 saturated carbocycles. The summed E-state index contributed by atoms with van der Waals surface area (Å²) >= 11 is 0. The van der Waals surface area contributed by atoms with Gasteiger partial charge in [-0.15, -0.1) is 0 Å². The topological polar surface area (TPSA) is 68.2 Å². The highest BCUT2D eigenvalue weighted by atomic mass is 16.7. The third kappa shape index (κ3) is 4.47. The highest BCUT2D eigenvalue weighted by molar-refractivity contribution is 5.68. The third-order valence-electron chi connectivity index (χ3n) is 4.51. The predicted octanol–water partition coefficient (Wildman–Crippen LogP) is 2.30. The number of hydrogen-bond donors (Lipinski definition) is 1. The summed E-state index contributed by atoms with van der Waals surface area (Å²) in [5.74, 6) is 0. The second-order valence-electron chi connectivity index (χ2n) is 6.32. The van der Waals surface area contributed by atoms with E-state index in [4.69, 9.17) is 14.2 Å². The second-order valence-corrected chi connectivity index (χ2v) is 6.32. The minimum atomic E-state index is -0.409. The van der Waals surface area contributed by atoms with Crippen LogP contribution < -0.4 is 0 Å². The van der Waals surface area contributed by atoms with Gasteiger partial charge in [-0.2, -0.15) is 0 Å². The zero-order valence-electron chi connectivity index (χ0n) is 13.8. The summed E-state index contributed by atoms with van der Waals surface area (Å²) in [4.78, 5) is 13.9. The Bertz CT molecular complexity index is 517. The summed E-state index contributed by atoms with van der Waals surface area (Å²) in [5, 5.41) is 9.56. The molecule has 1 N–H and O–H groups in total. The fourth-order valence-electron chi connectivity index (χ4n) is 3.20. The summed E-state index contributed by atoms with van der Waals surface area (Å²) in [7, 11) is 0. The van der Waals surface area contributed by atoms with Gasteiger partial charge in [0.1, 0.15) is 6.61 Å². The van der Waals surface area contributed by atoms with E-state index >= 15 is 0 Å². The van der Waals surface area contributed by atoms with Gasteiger partial charge in [0.15, 0.2) is 6.29 Å². The van der Waals surface area contributed by atoms with Crippen molar-refractivity contribution in [3.8, 4) is 0 Å². The van der Waals surface area contributed by atoms with Crippen LogP contribution in [0.4, 0.5) is 4.79 Å². The monoisotopic (exact) mass is 335 g/mol. The maximum atomic E-state index is 12.3. The quantitative estimate of drug-likeness (QED) is 0.894. The molecule has 2 aliphatic heterocycles. The van der Waals surface area contributed by atoms with Gasteiger partial charge in [-0.1, -0.05) is 30.3 Å². The van der Waals surface area contributed by atoms with Gasteiger partial charge >= 0.3 is 6.09 Å². The maximum Gasteiger partial charge on any atom is 0.410 e. The molecule has 2 saturated heterocycles. The van der Waals surface area contributed by atoms with E-state index in [1.807, 2.05) is 30.3 Å². The van der Waals surface area contributed by atoms with Crippen LogP contribution in [0.3, 0.4) is 0 Å². The van der Waals surface area contributed by atoms with Gasteiger partial charge < -0.3 is 24.2 Å². The van der Waals surface area contributed by atoms with Crippen LogP contribution in [0.5, 0.6) is 0 Å². The molecule has 0 aromatic heterocycles. The van der Waals surface area contributed by atoms with E-state index < -0.39 is 6.09 Å². The van der Waals surface area contributed by atoms with E-state index in [9.17, 15) is 9.90 Å². The molecule has 6 heteroatoms. The zero-order valence-corrected chi connectivity index (χ0v) is 13.8. The molecule has 0 spiro atoms.